The maximum Gasteiger partial charge on any atom is 0.411 e. The fourth-order valence-corrected chi connectivity index (χ4v) is 9.48. The number of nitrogens with zero attached hydrogens (tertiary/aromatic N) is 1. The largest absolute Gasteiger partial charge is 0.480 e. The van der Waals surface area contributed by atoms with Gasteiger partial charge in [-0.05, 0) is 42.2 Å². The molecule has 0 aliphatic rings. The number of benzene rings is 1. The van der Waals surface area contributed by atoms with Gasteiger partial charge in [0, 0.05) is 0 Å². The fraction of sp³-hybridized carbons (Fsp3) is 0.619. The van der Waals surface area contributed by atoms with Crippen molar-refractivity contribution in [2.24, 2.45) is 11.8 Å². The van der Waals surface area contributed by atoms with Crippen LogP contribution in [0.25, 0.3) is 0 Å². The summed E-state index contributed by atoms with van der Waals surface area (Å²) in [7, 11) is 0. The Kier molecular flexibility index (Phi) is 10.2. The molecule has 1 unspecified atom stereocenters. The Bertz CT molecular complexity index is 664. The molecular weight excluding hydrogens is 393 g/mol. The molecule has 1 amide bonds. The van der Waals surface area contributed by atoms with Gasteiger partial charge in [0.1, 0.15) is 12.6 Å². The summed E-state index contributed by atoms with van der Waals surface area (Å²) < 4.78 is 5.47. The highest BCUT2D eigenvalue weighted by atomic mass is 32.4. The Morgan fingerprint density at radius 3 is 2.07 bits per heavy atom. The third kappa shape index (κ3) is 8.32. The Hall–Kier alpha value is -1.39. The standard InChI is InChI=1S/C21H34NO4PS/c1-6-19(20(23)24)22(15-27(28,13-16(2)3)14-17(4)5)21(25)26-12-18-10-8-7-9-11-18/h7-11,16-17,19H,6,12-15H2,1-5H3,(H,23,24). The average molecular weight is 428 g/mol. The normalized spacial score (nSPS) is 12.8. The maximum absolute atomic E-state index is 12.9. The lowest BCUT2D eigenvalue weighted by Crippen LogP contribution is -2.46. The first-order chi connectivity index (χ1) is 13.1. The number of rotatable bonds is 11. The molecule has 1 rings (SSSR count). The lowest BCUT2D eigenvalue weighted by Gasteiger charge is -2.35. The highest BCUT2D eigenvalue weighted by Gasteiger charge is 2.34. The SMILES string of the molecule is CCC(C(=O)O)N(CP(=S)(CC(C)C)CC(C)C)C(=O)OCc1ccccc1. The minimum atomic E-state index is -1.95. The zero-order valence-electron chi connectivity index (χ0n) is 17.6. The number of carbonyl (C=O) groups excluding carboxylic acids is 1. The Balaban J connectivity index is 3.06. The number of hydrogen-bond donors (Lipinski definition) is 1. The molecule has 5 nitrogen and oxygen atoms in total. The molecule has 0 spiro atoms. The van der Waals surface area contributed by atoms with Crippen LogP contribution in [0.5, 0.6) is 0 Å². The van der Waals surface area contributed by atoms with E-state index in [-0.39, 0.29) is 6.61 Å². The van der Waals surface area contributed by atoms with Crippen molar-refractivity contribution in [3.8, 4) is 0 Å². The first-order valence-electron chi connectivity index (χ1n) is 9.85. The summed E-state index contributed by atoms with van der Waals surface area (Å²) in [6.07, 6.45) is 1.71. The van der Waals surface area contributed by atoms with Crippen LogP contribution < -0.4 is 0 Å². The zero-order valence-corrected chi connectivity index (χ0v) is 19.3. The third-order valence-corrected chi connectivity index (χ3v) is 9.15. The van der Waals surface area contributed by atoms with Crippen LogP contribution in [0.1, 0.15) is 46.6 Å². The number of ether oxygens (including phenoxy) is 1. The maximum atomic E-state index is 12.9. The summed E-state index contributed by atoms with van der Waals surface area (Å²) >= 11 is 6.05. The first-order valence-corrected chi connectivity index (χ1v) is 13.2. The molecule has 0 aliphatic carbocycles. The van der Waals surface area contributed by atoms with Gasteiger partial charge in [0.2, 0.25) is 0 Å². The van der Waals surface area contributed by atoms with Crippen molar-refractivity contribution in [3.63, 3.8) is 0 Å². The van der Waals surface area contributed by atoms with Crippen LogP contribution in [0.2, 0.25) is 0 Å². The van der Waals surface area contributed by atoms with E-state index in [9.17, 15) is 14.7 Å². The number of carboxylic acids is 1. The minimum absolute atomic E-state index is 0.115. The predicted molar refractivity (Wildman–Crippen MR) is 119 cm³/mol. The third-order valence-electron chi connectivity index (χ3n) is 4.29. The fourth-order valence-electron chi connectivity index (χ4n) is 3.41. The predicted octanol–water partition coefficient (Wildman–Crippen LogP) is 5.24. The lowest BCUT2D eigenvalue weighted by atomic mass is 10.2. The molecular formula is C21H34NO4PS. The highest BCUT2D eigenvalue weighted by Crippen LogP contribution is 2.50. The van der Waals surface area contributed by atoms with Gasteiger partial charge in [-0.15, -0.1) is 0 Å². The van der Waals surface area contributed by atoms with Gasteiger partial charge >= 0.3 is 12.1 Å². The number of aliphatic carboxylic acids is 1. The number of carbonyl (C=O) groups is 2. The van der Waals surface area contributed by atoms with Crippen LogP contribution in [0.3, 0.4) is 0 Å². The van der Waals surface area contributed by atoms with Crippen molar-refractivity contribution in [3.05, 3.63) is 35.9 Å². The van der Waals surface area contributed by atoms with Crippen LogP contribution in [0.4, 0.5) is 4.79 Å². The Labute approximate surface area is 174 Å². The van der Waals surface area contributed by atoms with Gasteiger partial charge in [0.05, 0.1) is 6.29 Å². The van der Waals surface area contributed by atoms with E-state index in [1.54, 1.807) is 6.92 Å². The molecule has 28 heavy (non-hydrogen) atoms. The van der Waals surface area contributed by atoms with Crippen LogP contribution in [-0.2, 0) is 27.9 Å². The molecule has 0 saturated carbocycles. The second-order valence-corrected chi connectivity index (χ2v) is 13.6. The van der Waals surface area contributed by atoms with Crippen LogP contribution in [0, 0.1) is 11.8 Å². The van der Waals surface area contributed by atoms with Gasteiger partial charge in [0.25, 0.3) is 0 Å². The van der Waals surface area contributed by atoms with E-state index in [0.717, 1.165) is 17.9 Å². The summed E-state index contributed by atoms with van der Waals surface area (Å²) in [4.78, 5) is 26.1. The first kappa shape index (κ1) is 24.6. The number of carboxylic acid groups (broad SMARTS) is 1. The van der Waals surface area contributed by atoms with E-state index in [1.807, 2.05) is 30.3 Å². The van der Waals surface area contributed by atoms with Crippen molar-refractivity contribution in [2.45, 2.75) is 53.7 Å². The summed E-state index contributed by atoms with van der Waals surface area (Å²) in [6, 6.07) is 6.50. The van der Waals surface area contributed by atoms with Gasteiger partial charge in [-0.1, -0.05) is 76.8 Å². The molecule has 158 valence electrons. The van der Waals surface area contributed by atoms with Crippen molar-refractivity contribution in [2.75, 3.05) is 18.6 Å². The van der Waals surface area contributed by atoms with Crippen molar-refractivity contribution >= 4 is 29.9 Å². The second kappa shape index (κ2) is 11.6. The van der Waals surface area contributed by atoms with E-state index >= 15 is 0 Å². The summed E-state index contributed by atoms with van der Waals surface area (Å²) in [5.74, 6) is -0.219. The molecule has 0 aromatic heterocycles. The van der Waals surface area contributed by atoms with Gasteiger partial charge in [0.15, 0.2) is 0 Å². The van der Waals surface area contributed by atoms with Crippen molar-refractivity contribution in [1.82, 2.24) is 4.90 Å². The number of amides is 1. The van der Waals surface area contributed by atoms with Crippen LogP contribution >= 0.6 is 6.04 Å². The van der Waals surface area contributed by atoms with Crippen LogP contribution in [-0.4, -0.2) is 46.7 Å². The van der Waals surface area contributed by atoms with Gasteiger partial charge in [-0.2, -0.15) is 0 Å². The van der Waals surface area contributed by atoms with E-state index in [2.05, 4.69) is 27.7 Å². The molecule has 0 radical (unpaired) electrons. The molecule has 1 aromatic rings. The molecule has 7 heteroatoms. The molecule has 0 aliphatic heterocycles. The second-order valence-electron chi connectivity index (χ2n) is 8.12. The zero-order chi connectivity index (χ0) is 21.3. The molecule has 0 heterocycles. The quantitative estimate of drug-likeness (QED) is 0.489. The minimum Gasteiger partial charge on any atom is -0.480 e. The molecule has 0 saturated heterocycles. The Morgan fingerprint density at radius 2 is 1.64 bits per heavy atom. The molecule has 1 atom stereocenters. The summed E-state index contributed by atoms with van der Waals surface area (Å²) in [5.41, 5.74) is 0.864. The van der Waals surface area contributed by atoms with E-state index in [0.29, 0.717) is 24.5 Å². The van der Waals surface area contributed by atoms with E-state index < -0.39 is 24.1 Å². The summed E-state index contributed by atoms with van der Waals surface area (Å²) in [6.45, 7) is 10.4. The van der Waals surface area contributed by atoms with Gasteiger partial charge < -0.3 is 9.84 Å². The van der Waals surface area contributed by atoms with Gasteiger partial charge in [-0.25, -0.2) is 9.59 Å². The van der Waals surface area contributed by atoms with Crippen molar-refractivity contribution in [1.29, 1.82) is 0 Å². The average Bonchev–Trinajstić information content (AvgIpc) is 2.58. The monoisotopic (exact) mass is 427 g/mol. The van der Waals surface area contributed by atoms with Crippen molar-refractivity contribution < 1.29 is 19.4 Å². The number of hydrogen-bond acceptors (Lipinski definition) is 4. The van der Waals surface area contributed by atoms with E-state index in [1.165, 1.54) is 4.90 Å². The molecule has 1 aromatic carbocycles. The topological polar surface area (TPSA) is 66.8 Å². The molecule has 0 bridgehead atoms. The van der Waals surface area contributed by atoms with E-state index in [4.69, 9.17) is 16.5 Å². The molecule has 1 N–H and O–H groups in total. The molecule has 0 fully saturated rings. The highest BCUT2D eigenvalue weighted by molar-refractivity contribution is 8.14. The lowest BCUT2D eigenvalue weighted by molar-refractivity contribution is -0.142. The van der Waals surface area contributed by atoms with Crippen LogP contribution in [0.15, 0.2) is 30.3 Å². The summed E-state index contributed by atoms with van der Waals surface area (Å²) in [5, 5.41) is 9.67. The Morgan fingerprint density at radius 1 is 1.11 bits per heavy atom. The van der Waals surface area contributed by atoms with Gasteiger partial charge in [-0.3, -0.25) is 4.90 Å². The smallest absolute Gasteiger partial charge is 0.411 e.